The number of ether oxygens (including phenoxy) is 1. The monoisotopic (exact) mass is 358 g/mol. The summed E-state index contributed by atoms with van der Waals surface area (Å²) < 4.78 is 34.4. The molecule has 0 saturated heterocycles. The summed E-state index contributed by atoms with van der Waals surface area (Å²) in [5, 5.41) is 8.07. The van der Waals surface area contributed by atoms with Crippen molar-refractivity contribution in [2.24, 2.45) is 0 Å². The Hall–Kier alpha value is -1.64. The number of hydrogen-bond acceptors (Lipinski definition) is 5. The van der Waals surface area contributed by atoms with E-state index in [2.05, 4.69) is 14.9 Å². The molecule has 0 aliphatic carbocycles. The number of methoxy groups -OCH3 is 1. The molecule has 126 valence electrons. The lowest BCUT2D eigenvalue weighted by Crippen LogP contribution is -2.29. The Kier molecular flexibility index (Phi) is 5.28. The number of rotatable bonds is 6. The lowest BCUT2D eigenvalue weighted by Gasteiger charge is -2.17. The summed E-state index contributed by atoms with van der Waals surface area (Å²) in [7, 11) is -2.28. The molecule has 1 aromatic carbocycles. The number of nitrogens with zero attached hydrogens (tertiary/aromatic N) is 3. The normalized spacial score (nSPS) is 13.3. The van der Waals surface area contributed by atoms with E-state index in [1.165, 1.54) is 25.3 Å². The third-order valence-electron chi connectivity index (χ3n) is 3.31. The van der Waals surface area contributed by atoms with E-state index in [1.807, 2.05) is 18.4 Å². The predicted molar refractivity (Wildman–Crippen MR) is 87.1 cm³/mol. The summed E-state index contributed by atoms with van der Waals surface area (Å²) in [6.45, 7) is 5.65. The van der Waals surface area contributed by atoms with Crippen molar-refractivity contribution >= 4 is 21.6 Å². The second-order valence-corrected chi connectivity index (χ2v) is 7.45. The van der Waals surface area contributed by atoms with E-state index in [0.29, 0.717) is 11.6 Å². The van der Waals surface area contributed by atoms with Gasteiger partial charge in [-0.2, -0.15) is 0 Å². The highest BCUT2D eigenvalue weighted by Crippen LogP contribution is 2.27. The van der Waals surface area contributed by atoms with Gasteiger partial charge >= 0.3 is 0 Å². The standard InChI is InChI=1S/C14H19ClN4O3S/c1-9(2)19-8-16-17-14(19)10(3)18-23(20,21)11-5-6-13(22-4)12(15)7-11/h5-10,18H,1-4H3. The van der Waals surface area contributed by atoms with Crippen LogP contribution in [0.4, 0.5) is 0 Å². The van der Waals surface area contributed by atoms with Crippen molar-refractivity contribution in [3.63, 3.8) is 0 Å². The van der Waals surface area contributed by atoms with Crippen LogP contribution in [-0.2, 0) is 10.0 Å². The van der Waals surface area contributed by atoms with Gasteiger partial charge in [-0.1, -0.05) is 11.6 Å². The van der Waals surface area contributed by atoms with E-state index in [9.17, 15) is 8.42 Å². The van der Waals surface area contributed by atoms with Crippen LogP contribution in [0.2, 0.25) is 5.02 Å². The molecule has 1 atom stereocenters. The molecule has 0 saturated carbocycles. The van der Waals surface area contributed by atoms with Crippen molar-refractivity contribution in [2.75, 3.05) is 7.11 Å². The predicted octanol–water partition coefficient (Wildman–Crippen LogP) is 2.56. The van der Waals surface area contributed by atoms with E-state index in [4.69, 9.17) is 16.3 Å². The van der Waals surface area contributed by atoms with Crippen LogP contribution in [-0.4, -0.2) is 30.3 Å². The summed E-state index contributed by atoms with van der Waals surface area (Å²) in [4.78, 5) is 0.0609. The van der Waals surface area contributed by atoms with Crippen molar-refractivity contribution in [1.82, 2.24) is 19.5 Å². The van der Waals surface area contributed by atoms with Crippen LogP contribution in [0.5, 0.6) is 5.75 Å². The summed E-state index contributed by atoms with van der Waals surface area (Å²) in [5.74, 6) is 0.960. The molecule has 7 nitrogen and oxygen atoms in total. The largest absolute Gasteiger partial charge is 0.495 e. The first-order valence-electron chi connectivity index (χ1n) is 7.01. The zero-order valence-electron chi connectivity index (χ0n) is 13.3. The Labute approximate surface area is 140 Å². The Balaban J connectivity index is 2.27. The average molecular weight is 359 g/mol. The van der Waals surface area contributed by atoms with Gasteiger partial charge in [0.25, 0.3) is 0 Å². The summed E-state index contributed by atoms with van der Waals surface area (Å²) in [6.07, 6.45) is 1.58. The third kappa shape index (κ3) is 3.82. The first-order valence-corrected chi connectivity index (χ1v) is 8.87. The minimum atomic E-state index is -3.75. The van der Waals surface area contributed by atoms with Gasteiger partial charge < -0.3 is 9.30 Å². The summed E-state index contributed by atoms with van der Waals surface area (Å²) in [5.41, 5.74) is 0. The first-order chi connectivity index (χ1) is 10.8. The number of benzene rings is 1. The number of nitrogens with one attached hydrogen (secondary N) is 1. The molecule has 0 radical (unpaired) electrons. The fourth-order valence-electron chi connectivity index (χ4n) is 2.13. The molecule has 9 heteroatoms. The molecular formula is C14H19ClN4O3S. The molecular weight excluding hydrogens is 340 g/mol. The maximum absolute atomic E-state index is 12.5. The molecule has 1 heterocycles. The van der Waals surface area contributed by atoms with Gasteiger partial charge in [-0.05, 0) is 39.0 Å². The molecule has 0 aliphatic heterocycles. The third-order valence-corrected chi connectivity index (χ3v) is 5.14. The molecule has 2 rings (SSSR count). The van der Waals surface area contributed by atoms with E-state index in [1.54, 1.807) is 13.3 Å². The molecule has 2 aromatic rings. The fraction of sp³-hybridized carbons (Fsp3) is 0.429. The lowest BCUT2D eigenvalue weighted by molar-refractivity contribution is 0.414. The molecule has 0 amide bonds. The second-order valence-electron chi connectivity index (χ2n) is 5.33. The molecule has 1 aromatic heterocycles. The molecule has 0 aliphatic rings. The van der Waals surface area contributed by atoms with Crippen molar-refractivity contribution in [2.45, 2.75) is 37.8 Å². The van der Waals surface area contributed by atoms with Gasteiger partial charge in [-0.15, -0.1) is 10.2 Å². The van der Waals surface area contributed by atoms with Crippen molar-refractivity contribution in [1.29, 1.82) is 0 Å². The Morgan fingerprint density at radius 3 is 2.57 bits per heavy atom. The number of hydrogen-bond donors (Lipinski definition) is 1. The highest BCUT2D eigenvalue weighted by Gasteiger charge is 2.23. The lowest BCUT2D eigenvalue weighted by atomic mass is 10.3. The van der Waals surface area contributed by atoms with Crippen LogP contribution in [0.25, 0.3) is 0 Å². The topological polar surface area (TPSA) is 86.1 Å². The highest BCUT2D eigenvalue weighted by molar-refractivity contribution is 7.89. The van der Waals surface area contributed by atoms with Crippen LogP contribution in [0.15, 0.2) is 29.4 Å². The molecule has 23 heavy (non-hydrogen) atoms. The minimum Gasteiger partial charge on any atom is -0.495 e. The number of aromatic nitrogens is 3. The first kappa shape index (κ1) is 17.7. The quantitative estimate of drug-likeness (QED) is 0.857. The van der Waals surface area contributed by atoms with Crippen molar-refractivity contribution in [3.05, 3.63) is 35.4 Å². The van der Waals surface area contributed by atoms with Gasteiger partial charge in [-0.25, -0.2) is 13.1 Å². The Morgan fingerprint density at radius 2 is 2.00 bits per heavy atom. The Morgan fingerprint density at radius 1 is 1.30 bits per heavy atom. The minimum absolute atomic E-state index is 0.0609. The van der Waals surface area contributed by atoms with E-state index in [0.717, 1.165) is 0 Å². The van der Waals surface area contributed by atoms with E-state index >= 15 is 0 Å². The SMILES string of the molecule is COc1ccc(S(=O)(=O)NC(C)c2nncn2C(C)C)cc1Cl. The zero-order chi connectivity index (χ0) is 17.2. The molecule has 1 N–H and O–H groups in total. The fourth-order valence-corrected chi connectivity index (χ4v) is 3.68. The molecule has 1 unspecified atom stereocenters. The van der Waals surface area contributed by atoms with Crippen molar-refractivity contribution < 1.29 is 13.2 Å². The Bertz CT molecular complexity index is 789. The average Bonchev–Trinajstić information content (AvgIpc) is 2.96. The number of halogens is 1. The van der Waals surface area contributed by atoms with Crippen LogP contribution in [0.3, 0.4) is 0 Å². The summed E-state index contributed by atoms with van der Waals surface area (Å²) in [6, 6.07) is 3.89. The van der Waals surface area contributed by atoms with Gasteiger partial charge in [0.05, 0.1) is 23.1 Å². The maximum atomic E-state index is 12.5. The van der Waals surface area contributed by atoms with Crippen LogP contribution in [0.1, 0.15) is 38.7 Å². The van der Waals surface area contributed by atoms with Crippen LogP contribution in [0, 0.1) is 0 Å². The number of sulfonamides is 1. The van der Waals surface area contributed by atoms with E-state index < -0.39 is 16.1 Å². The zero-order valence-corrected chi connectivity index (χ0v) is 14.9. The molecule has 0 bridgehead atoms. The second kappa shape index (κ2) is 6.86. The van der Waals surface area contributed by atoms with Crippen LogP contribution < -0.4 is 9.46 Å². The maximum Gasteiger partial charge on any atom is 0.241 e. The van der Waals surface area contributed by atoms with Gasteiger partial charge in [0, 0.05) is 6.04 Å². The van der Waals surface area contributed by atoms with Gasteiger partial charge in [-0.3, -0.25) is 0 Å². The van der Waals surface area contributed by atoms with Crippen LogP contribution >= 0.6 is 11.6 Å². The highest BCUT2D eigenvalue weighted by atomic mass is 35.5. The summed E-state index contributed by atoms with van der Waals surface area (Å²) >= 11 is 5.99. The smallest absolute Gasteiger partial charge is 0.241 e. The van der Waals surface area contributed by atoms with E-state index in [-0.39, 0.29) is 16.0 Å². The molecule has 0 spiro atoms. The van der Waals surface area contributed by atoms with Gasteiger partial charge in [0.15, 0.2) is 5.82 Å². The van der Waals surface area contributed by atoms with Crippen molar-refractivity contribution in [3.8, 4) is 5.75 Å². The van der Waals surface area contributed by atoms with Gasteiger partial charge in [0.2, 0.25) is 10.0 Å². The van der Waals surface area contributed by atoms with Gasteiger partial charge in [0.1, 0.15) is 12.1 Å². The molecule has 0 fully saturated rings.